The fourth-order valence-corrected chi connectivity index (χ4v) is 2.46. The number of aromatic nitrogens is 2. The van der Waals surface area contributed by atoms with Crippen molar-refractivity contribution in [2.75, 3.05) is 0 Å². The number of halogens is 2. The van der Waals surface area contributed by atoms with Crippen molar-refractivity contribution in [3.05, 3.63) is 98.0 Å². The van der Waals surface area contributed by atoms with Gasteiger partial charge in [0.05, 0.1) is 12.2 Å². The predicted molar refractivity (Wildman–Crippen MR) is 86.8 cm³/mol. The van der Waals surface area contributed by atoms with Gasteiger partial charge in [-0.15, -0.1) is 0 Å². The Kier molecular flexibility index (Phi) is 4.12. The molecule has 0 atom stereocenters. The first-order valence-corrected chi connectivity index (χ1v) is 7.25. The fraction of sp³-hybridized carbons (Fsp3) is 0.0588. The lowest BCUT2D eigenvalue weighted by Gasteiger charge is -2.10. The topological polar surface area (TPSA) is 44.0 Å². The minimum atomic E-state index is -0.726. The van der Waals surface area contributed by atoms with Crippen LogP contribution in [0.15, 0.2) is 70.5 Å². The van der Waals surface area contributed by atoms with Gasteiger partial charge in [0.2, 0.25) is 0 Å². The van der Waals surface area contributed by atoms with E-state index in [1.54, 1.807) is 42.5 Å². The first-order chi connectivity index (χ1) is 11.1. The molecular weight excluding hydrogens is 319 g/mol. The second-order valence-corrected chi connectivity index (χ2v) is 5.41. The van der Waals surface area contributed by atoms with Crippen LogP contribution in [-0.2, 0) is 6.54 Å². The molecule has 6 heteroatoms. The maximum absolute atomic E-state index is 13.7. The van der Waals surface area contributed by atoms with E-state index in [-0.39, 0.29) is 6.54 Å². The van der Waals surface area contributed by atoms with Gasteiger partial charge >= 0.3 is 11.1 Å². The Hall–Kier alpha value is -2.66. The van der Waals surface area contributed by atoms with Crippen LogP contribution in [0, 0.1) is 5.82 Å². The molecule has 0 aliphatic rings. The van der Waals surface area contributed by atoms with E-state index in [1.165, 1.54) is 27.6 Å². The number of benzene rings is 2. The molecule has 0 spiro atoms. The van der Waals surface area contributed by atoms with Crippen LogP contribution in [0.3, 0.4) is 0 Å². The van der Waals surface area contributed by atoms with Crippen molar-refractivity contribution in [3.8, 4) is 5.69 Å². The number of hydrogen-bond donors (Lipinski definition) is 0. The zero-order chi connectivity index (χ0) is 16.4. The van der Waals surface area contributed by atoms with Crippen LogP contribution in [0.2, 0.25) is 5.02 Å². The van der Waals surface area contributed by atoms with Gasteiger partial charge in [-0.3, -0.25) is 14.2 Å². The minimum absolute atomic E-state index is 0.00284. The van der Waals surface area contributed by atoms with E-state index >= 15 is 0 Å². The maximum atomic E-state index is 13.7. The van der Waals surface area contributed by atoms with Crippen molar-refractivity contribution in [2.45, 2.75) is 6.54 Å². The summed E-state index contributed by atoms with van der Waals surface area (Å²) < 4.78 is 16.1. The van der Waals surface area contributed by atoms with Crippen LogP contribution in [-0.4, -0.2) is 9.13 Å². The van der Waals surface area contributed by atoms with Gasteiger partial charge in [0.1, 0.15) is 5.82 Å². The third-order valence-electron chi connectivity index (χ3n) is 3.44. The van der Waals surface area contributed by atoms with Crippen LogP contribution < -0.4 is 11.1 Å². The fourth-order valence-electron chi connectivity index (χ4n) is 2.27. The lowest BCUT2D eigenvalue weighted by Crippen LogP contribution is -2.40. The highest BCUT2D eigenvalue weighted by molar-refractivity contribution is 6.30. The molecule has 0 radical (unpaired) electrons. The molecule has 0 aliphatic carbocycles. The van der Waals surface area contributed by atoms with E-state index in [2.05, 4.69) is 0 Å². The molecule has 0 unspecified atom stereocenters. The Bertz CT molecular complexity index is 979. The van der Waals surface area contributed by atoms with Crippen molar-refractivity contribution in [2.24, 2.45) is 0 Å². The molecule has 1 heterocycles. The molecule has 0 saturated carbocycles. The summed E-state index contributed by atoms with van der Waals surface area (Å²) in [5, 5.41) is 0.463. The summed E-state index contributed by atoms with van der Waals surface area (Å²) in [4.78, 5) is 24.5. The summed E-state index contributed by atoms with van der Waals surface area (Å²) in [5.41, 5.74) is -0.603. The zero-order valence-corrected chi connectivity index (χ0v) is 12.7. The number of rotatable bonds is 3. The summed E-state index contributed by atoms with van der Waals surface area (Å²) in [6, 6.07) is 12.8. The Morgan fingerprint density at radius 3 is 2.48 bits per heavy atom. The quantitative estimate of drug-likeness (QED) is 0.693. The van der Waals surface area contributed by atoms with Gasteiger partial charge in [0.15, 0.2) is 0 Å². The molecule has 0 N–H and O–H groups in total. The molecule has 3 aromatic rings. The van der Waals surface area contributed by atoms with Gasteiger partial charge in [-0.2, -0.15) is 0 Å². The lowest BCUT2D eigenvalue weighted by atomic mass is 10.2. The van der Waals surface area contributed by atoms with E-state index in [4.69, 9.17) is 11.6 Å². The standard InChI is InChI=1S/C17H12ClFN2O2/c18-13-5-3-6-14(10-13)21-9-8-20(16(22)17(21)23)11-12-4-1-2-7-15(12)19/h1-10H,11H2. The van der Waals surface area contributed by atoms with Gasteiger partial charge in [-0.05, 0) is 24.3 Å². The lowest BCUT2D eigenvalue weighted by molar-refractivity contribution is 0.593. The molecule has 2 aromatic carbocycles. The van der Waals surface area contributed by atoms with Crippen LogP contribution in [0.1, 0.15) is 5.56 Å². The zero-order valence-electron chi connectivity index (χ0n) is 11.9. The van der Waals surface area contributed by atoms with Crippen molar-refractivity contribution >= 4 is 11.6 Å². The molecule has 0 bridgehead atoms. The minimum Gasteiger partial charge on any atom is -0.305 e. The average Bonchev–Trinajstić information content (AvgIpc) is 2.54. The van der Waals surface area contributed by atoms with Crippen LogP contribution in [0.5, 0.6) is 0 Å². The molecule has 0 aliphatic heterocycles. The third kappa shape index (κ3) is 3.10. The highest BCUT2D eigenvalue weighted by Gasteiger charge is 2.09. The Labute approximate surface area is 136 Å². The summed E-state index contributed by atoms with van der Waals surface area (Å²) in [5.74, 6) is -0.418. The van der Waals surface area contributed by atoms with Gasteiger partial charge in [0, 0.05) is 23.0 Å². The normalized spacial score (nSPS) is 10.7. The maximum Gasteiger partial charge on any atom is 0.320 e. The summed E-state index contributed by atoms with van der Waals surface area (Å²) in [6.45, 7) is -0.00284. The van der Waals surface area contributed by atoms with Crippen LogP contribution in [0.25, 0.3) is 5.69 Å². The summed E-state index contributed by atoms with van der Waals surface area (Å²) in [6.07, 6.45) is 2.92. The van der Waals surface area contributed by atoms with Gasteiger partial charge in [-0.1, -0.05) is 35.9 Å². The number of nitrogens with zero attached hydrogens (tertiary/aromatic N) is 2. The monoisotopic (exact) mass is 330 g/mol. The predicted octanol–water partition coefficient (Wildman–Crippen LogP) is 2.84. The van der Waals surface area contributed by atoms with Crippen molar-refractivity contribution in [1.29, 1.82) is 0 Å². The second-order valence-electron chi connectivity index (χ2n) is 4.98. The second kappa shape index (κ2) is 6.22. The van der Waals surface area contributed by atoms with E-state index in [0.29, 0.717) is 16.3 Å². The smallest absolute Gasteiger partial charge is 0.305 e. The molecule has 0 fully saturated rings. The SMILES string of the molecule is O=c1c(=O)n(-c2cccc(Cl)c2)ccn1Cc1ccccc1F. The molecule has 0 saturated heterocycles. The molecule has 23 heavy (non-hydrogen) atoms. The molecule has 116 valence electrons. The van der Waals surface area contributed by atoms with Crippen molar-refractivity contribution in [1.82, 2.24) is 9.13 Å². The van der Waals surface area contributed by atoms with Crippen molar-refractivity contribution < 1.29 is 4.39 Å². The summed E-state index contributed by atoms with van der Waals surface area (Å²) in [7, 11) is 0. The molecule has 4 nitrogen and oxygen atoms in total. The molecule has 0 amide bonds. The van der Waals surface area contributed by atoms with Crippen LogP contribution >= 0.6 is 11.6 Å². The average molecular weight is 331 g/mol. The Balaban J connectivity index is 2.04. The number of hydrogen-bond acceptors (Lipinski definition) is 2. The van der Waals surface area contributed by atoms with E-state index in [1.807, 2.05) is 0 Å². The summed E-state index contributed by atoms with van der Waals surface area (Å²) >= 11 is 5.90. The molecule has 1 aromatic heterocycles. The van der Waals surface area contributed by atoms with E-state index in [0.717, 1.165) is 0 Å². The Morgan fingerprint density at radius 2 is 1.74 bits per heavy atom. The van der Waals surface area contributed by atoms with Gasteiger partial charge < -0.3 is 4.57 Å². The first kappa shape index (κ1) is 15.2. The van der Waals surface area contributed by atoms with Crippen molar-refractivity contribution in [3.63, 3.8) is 0 Å². The Morgan fingerprint density at radius 1 is 0.957 bits per heavy atom. The van der Waals surface area contributed by atoms with Gasteiger partial charge in [-0.25, -0.2) is 4.39 Å². The molecular formula is C17H12ClFN2O2. The molecule has 3 rings (SSSR count). The van der Waals surface area contributed by atoms with E-state index in [9.17, 15) is 14.0 Å². The van der Waals surface area contributed by atoms with Gasteiger partial charge in [0.25, 0.3) is 0 Å². The van der Waals surface area contributed by atoms with Crippen LogP contribution in [0.4, 0.5) is 4.39 Å². The first-order valence-electron chi connectivity index (χ1n) is 6.88. The highest BCUT2D eigenvalue weighted by Crippen LogP contribution is 2.13. The van der Waals surface area contributed by atoms with E-state index < -0.39 is 16.9 Å². The third-order valence-corrected chi connectivity index (χ3v) is 3.68. The largest absolute Gasteiger partial charge is 0.320 e. The highest BCUT2D eigenvalue weighted by atomic mass is 35.5.